The van der Waals surface area contributed by atoms with Gasteiger partial charge in [0.1, 0.15) is 5.75 Å². The normalized spacial score (nSPS) is 14.2. The Labute approximate surface area is 86.6 Å². The molecular weight excluding hydrogens is 192 g/mol. The Balaban J connectivity index is 2.14. The van der Waals surface area contributed by atoms with Gasteiger partial charge < -0.3 is 9.16 Å². The highest BCUT2D eigenvalue weighted by Gasteiger charge is 2.15. The lowest BCUT2D eigenvalue weighted by molar-refractivity contribution is 0.298. The summed E-state index contributed by atoms with van der Waals surface area (Å²) in [6, 6.07) is 6.33. The van der Waals surface area contributed by atoms with Crippen molar-refractivity contribution in [1.82, 2.24) is 0 Å². The van der Waals surface area contributed by atoms with Crippen molar-refractivity contribution in [3.8, 4) is 5.75 Å². The van der Waals surface area contributed by atoms with Crippen LogP contribution >= 0.6 is 0 Å². The molecular formula is C11H16O2Si. The van der Waals surface area contributed by atoms with E-state index in [-0.39, 0.29) is 0 Å². The minimum atomic E-state index is -0.923. The zero-order valence-corrected chi connectivity index (χ0v) is 9.90. The van der Waals surface area contributed by atoms with E-state index in [1.165, 1.54) is 11.1 Å². The molecule has 1 aliphatic heterocycles. The summed E-state index contributed by atoms with van der Waals surface area (Å²) in [5, 5.41) is 0. The monoisotopic (exact) mass is 208 g/mol. The minimum Gasteiger partial charge on any atom is -0.493 e. The van der Waals surface area contributed by atoms with E-state index in [0.717, 1.165) is 18.8 Å². The molecule has 1 heterocycles. The van der Waals surface area contributed by atoms with E-state index < -0.39 is 9.04 Å². The van der Waals surface area contributed by atoms with Gasteiger partial charge in [0, 0.05) is 12.0 Å². The van der Waals surface area contributed by atoms with Gasteiger partial charge in [-0.3, -0.25) is 0 Å². The van der Waals surface area contributed by atoms with Crippen LogP contribution in [-0.2, 0) is 17.5 Å². The van der Waals surface area contributed by atoms with E-state index in [1.54, 1.807) is 0 Å². The predicted octanol–water partition coefficient (Wildman–Crippen LogP) is 2.12. The Hall–Kier alpha value is -0.803. The van der Waals surface area contributed by atoms with Crippen LogP contribution in [0.5, 0.6) is 5.75 Å². The van der Waals surface area contributed by atoms with E-state index in [9.17, 15) is 0 Å². The maximum atomic E-state index is 5.71. The molecule has 0 aliphatic carbocycles. The van der Waals surface area contributed by atoms with Gasteiger partial charge >= 0.3 is 0 Å². The molecule has 0 aromatic heterocycles. The molecule has 0 unspecified atom stereocenters. The summed E-state index contributed by atoms with van der Waals surface area (Å²) >= 11 is 0. The van der Waals surface area contributed by atoms with Crippen LogP contribution in [0.2, 0.25) is 13.1 Å². The molecule has 1 aromatic rings. The van der Waals surface area contributed by atoms with E-state index in [0.29, 0.717) is 6.61 Å². The fourth-order valence-electron chi connectivity index (χ4n) is 1.65. The molecule has 0 saturated heterocycles. The molecule has 2 nitrogen and oxygen atoms in total. The van der Waals surface area contributed by atoms with Crippen molar-refractivity contribution in [2.45, 2.75) is 26.1 Å². The second-order valence-corrected chi connectivity index (χ2v) is 6.29. The zero-order valence-electron chi connectivity index (χ0n) is 8.75. The van der Waals surface area contributed by atoms with Crippen LogP contribution in [0, 0.1) is 0 Å². The first kappa shape index (κ1) is 9.74. The summed E-state index contributed by atoms with van der Waals surface area (Å²) in [5.41, 5.74) is 2.54. The SMILES string of the molecule is C[SiH](C)OCc1cccc2c1OCC2. The van der Waals surface area contributed by atoms with E-state index in [1.807, 2.05) is 0 Å². The zero-order chi connectivity index (χ0) is 9.97. The summed E-state index contributed by atoms with van der Waals surface area (Å²) in [5.74, 6) is 1.07. The van der Waals surface area contributed by atoms with Crippen molar-refractivity contribution in [2.24, 2.45) is 0 Å². The molecule has 14 heavy (non-hydrogen) atoms. The molecule has 0 spiro atoms. The molecule has 76 valence electrons. The number of rotatable bonds is 3. The van der Waals surface area contributed by atoms with Crippen molar-refractivity contribution in [3.05, 3.63) is 29.3 Å². The van der Waals surface area contributed by atoms with Gasteiger partial charge in [-0.05, 0) is 18.7 Å². The summed E-state index contributed by atoms with van der Waals surface area (Å²) in [6.07, 6.45) is 1.04. The summed E-state index contributed by atoms with van der Waals surface area (Å²) in [4.78, 5) is 0. The smallest absolute Gasteiger partial charge is 0.171 e. The number of hydrogen-bond acceptors (Lipinski definition) is 2. The standard InChI is InChI=1S/C11H16O2Si/c1-14(2)13-8-10-5-3-4-9-6-7-12-11(9)10/h3-5,14H,6-8H2,1-2H3. The van der Waals surface area contributed by atoms with Crippen LogP contribution in [0.4, 0.5) is 0 Å². The summed E-state index contributed by atoms with van der Waals surface area (Å²) in [7, 11) is -0.923. The van der Waals surface area contributed by atoms with Gasteiger partial charge in [0.15, 0.2) is 9.04 Å². The van der Waals surface area contributed by atoms with Crippen molar-refractivity contribution < 1.29 is 9.16 Å². The largest absolute Gasteiger partial charge is 0.493 e. The van der Waals surface area contributed by atoms with Crippen molar-refractivity contribution in [3.63, 3.8) is 0 Å². The third-order valence-corrected chi connectivity index (χ3v) is 3.20. The Morgan fingerprint density at radius 3 is 3.07 bits per heavy atom. The Bertz CT molecular complexity index is 323. The van der Waals surface area contributed by atoms with Gasteiger partial charge in [-0.1, -0.05) is 18.2 Å². The molecule has 0 fully saturated rings. The van der Waals surface area contributed by atoms with Gasteiger partial charge in [-0.2, -0.15) is 0 Å². The summed E-state index contributed by atoms with van der Waals surface area (Å²) in [6.45, 7) is 5.91. The van der Waals surface area contributed by atoms with E-state index in [2.05, 4.69) is 31.3 Å². The van der Waals surface area contributed by atoms with Crippen LogP contribution in [0.25, 0.3) is 0 Å². The third kappa shape index (κ3) is 1.99. The fourth-order valence-corrected chi connectivity index (χ4v) is 2.17. The van der Waals surface area contributed by atoms with Crippen LogP contribution in [0.15, 0.2) is 18.2 Å². The average Bonchev–Trinajstić information content (AvgIpc) is 2.62. The molecule has 0 amide bonds. The maximum Gasteiger partial charge on any atom is 0.171 e. The number of para-hydroxylation sites is 1. The van der Waals surface area contributed by atoms with Crippen LogP contribution < -0.4 is 4.74 Å². The maximum absolute atomic E-state index is 5.71. The molecule has 1 aliphatic rings. The molecule has 2 rings (SSSR count). The first-order valence-electron chi connectivity index (χ1n) is 5.12. The highest BCUT2D eigenvalue weighted by molar-refractivity contribution is 6.48. The molecule has 0 radical (unpaired) electrons. The van der Waals surface area contributed by atoms with Gasteiger partial charge in [0.2, 0.25) is 0 Å². The molecule has 0 bridgehead atoms. The van der Waals surface area contributed by atoms with Crippen LogP contribution in [0.1, 0.15) is 11.1 Å². The highest BCUT2D eigenvalue weighted by Crippen LogP contribution is 2.29. The lowest BCUT2D eigenvalue weighted by Gasteiger charge is -2.10. The predicted molar refractivity (Wildman–Crippen MR) is 59.3 cm³/mol. The molecule has 3 heteroatoms. The number of fused-ring (bicyclic) bond motifs is 1. The quantitative estimate of drug-likeness (QED) is 0.708. The van der Waals surface area contributed by atoms with Crippen LogP contribution in [0.3, 0.4) is 0 Å². The first-order valence-corrected chi connectivity index (χ1v) is 7.90. The van der Waals surface area contributed by atoms with E-state index in [4.69, 9.17) is 9.16 Å². The summed E-state index contributed by atoms with van der Waals surface area (Å²) < 4.78 is 11.3. The lowest BCUT2D eigenvalue weighted by Crippen LogP contribution is -2.07. The topological polar surface area (TPSA) is 18.5 Å². The number of ether oxygens (including phenoxy) is 1. The van der Waals surface area contributed by atoms with Crippen LogP contribution in [-0.4, -0.2) is 15.6 Å². The highest BCUT2D eigenvalue weighted by atomic mass is 28.3. The Kier molecular flexibility index (Phi) is 2.89. The molecule has 0 N–H and O–H groups in total. The Morgan fingerprint density at radius 2 is 2.29 bits per heavy atom. The van der Waals surface area contributed by atoms with E-state index >= 15 is 0 Å². The second-order valence-electron chi connectivity index (χ2n) is 3.86. The van der Waals surface area contributed by atoms with Gasteiger partial charge in [0.05, 0.1) is 13.2 Å². The fraction of sp³-hybridized carbons (Fsp3) is 0.455. The average molecular weight is 208 g/mol. The Morgan fingerprint density at radius 1 is 1.43 bits per heavy atom. The molecule has 1 aromatic carbocycles. The second kappa shape index (κ2) is 4.15. The lowest BCUT2D eigenvalue weighted by atomic mass is 10.1. The van der Waals surface area contributed by atoms with Gasteiger partial charge in [-0.15, -0.1) is 0 Å². The molecule has 0 atom stereocenters. The first-order chi connectivity index (χ1) is 6.77. The molecule has 0 saturated carbocycles. The van der Waals surface area contributed by atoms with Crippen molar-refractivity contribution in [1.29, 1.82) is 0 Å². The minimum absolute atomic E-state index is 0.715. The van der Waals surface area contributed by atoms with Gasteiger partial charge in [0.25, 0.3) is 0 Å². The van der Waals surface area contributed by atoms with Gasteiger partial charge in [-0.25, -0.2) is 0 Å². The van der Waals surface area contributed by atoms with Crippen molar-refractivity contribution >= 4 is 9.04 Å². The number of benzene rings is 1. The number of hydrogen-bond donors (Lipinski definition) is 0. The third-order valence-electron chi connectivity index (χ3n) is 2.37. The van der Waals surface area contributed by atoms with Crippen molar-refractivity contribution in [2.75, 3.05) is 6.61 Å².